The second-order valence-corrected chi connectivity index (χ2v) is 4.04. The van der Waals surface area contributed by atoms with E-state index in [4.69, 9.17) is 5.73 Å². The standard InChI is InChI=1S/C10H12F3N/c1-10(2,14)5-6-3-7(11)9(13)8(12)4-6/h3-4H,5,14H2,1-2H3. The van der Waals surface area contributed by atoms with E-state index in [2.05, 4.69) is 0 Å². The molecule has 0 amide bonds. The summed E-state index contributed by atoms with van der Waals surface area (Å²) in [5, 5.41) is 0. The summed E-state index contributed by atoms with van der Waals surface area (Å²) in [5.41, 5.74) is 5.45. The van der Waals surface area contributed by atoms with Crippen LogP contribution in [0.4, 0.5) is 13.2 Å². The Balaban J connectivity index is 3.02. The van der Waals surface area contributed by atoms with Crippen molar-refractivity contribution in [1.29, 1.82) is 0 Å². The zero-order chi connectivity index (χ0) is 10.9. The lowest BCUT2D eigenvalue weighted by Gasteiger charge is -2.18. The lowest BCUT2D eigenvalue weighted by molar-refractivity contribution is 0.441. The van der Waals surface area contributed by atoms with Gasteiger partial charge in [0.05, 0.1) is 0 Å². The number of benzene rings is 1. The first kappa shape index (κ1) is 11.0. The molecule has 1 aromatic carbocycles. The van der Waals surface area contributed by atoms with Crippen LogP contribution in [-0.4, -0.2) is 5.54 Å². The largest absolute Gasteiger partial charge is 0.325 e. The molecule has 0 heterocycles. The highest BCUT2D eigenvalue weighted by atomic mass is 19.2. The molecule has 2 N–H and O–H groups in total. The van der Waals surface area contributed by atoms with Crippen LogP contribution in [0.15, 0.2) is 12.1 Å². The van der Waals surface area contributed by atoms with Crippen LogP contribution in [0.5, 0.6) is 0 Å². The van der Waals surface area contributed by atoms with Gasteiger partial charge in [0.2, 0.25) is 0 Å². The summed E-state index contributed by atoms with van der Waals surface area (Å²) in [6.45, 7) is 3.46. The van der Waals surface area contributed by atoms with Gasteiger partial charge in [0, 0.05) is 5.54 Å². The minimum atomic E-state index is -1.44. The van der Waals surface area contributed by atoms with Gasteiger partial charge in [-0.3, -0.25) is 0 Å². The molecule has 0 aromatic heterocycles. The van der Waals surface area contributed by atoms with Crippen LogP contribution in [0.2, 0.25) is 0 Å². The molecule has 78 valence electrons. The fourth-order valence-corrected chi connectivity index (χ4v) is 1.24. The number of halogens is 3. The Morgan fingerprint density at radius 1 is 1.14 bits per heavy atom. The molecule has 0 aliphatic heterocycles. The summed E-state index contributed by atoms with van der Waals surface area (Å²) in [6.07, 6.45) is 0.293. The summed E-state index contributed by atoms with van der Waals surface area (Å²) in [7, 11) is 0. The summed E-state index contributed by atoms with van der Waals surface area (Å²) in [5.74, 6) is -3.79. The number of nitrogens with two attached hydrogens (primary N) is 1. The molecule has 0 unspecified atom stereocenters. The third-order valence-electron chi connectivity index (χ3n) is 1.70. The molecule has 4 heteroatoms. The lowest BCUT2D eigenvalue weighted by Crippen LogP contribution is -2.34. The van der Waals surface area contributed by atoms with Crippen LogP contribution in [0.25, 0.3) is 0 Å². The van der Waals surface area contributed by atoms with Crippen molar-refractivity contribution in [2.24, 2.45) is 5.73 Å². The normalized spacial score (nSPS) is 11.9. The first-order chi connectivity index (χ1) is 6.29. The van der Waals surface area contributed by atoms with E-state index in [0.29, 0.717) is 12.0 Å². The highest BCUT2D eigenvalue weighted by molar-refractivity contribution is 5.21. The summed E-state index contributed by atoms with van der Waals surface area (Å²) >= 11 is 0. The van der Waals surface area contributed by atoms with Gasteiger partial charge in [-0.1, -0.05) is 0 Å². The van der Waals surface area contributed by atoms with Gasteiger partial charge in [-0.25, -0.2) is 13.2 Å². The highest BCUT2D eigenvalue weighted by Gasteiger charge is 2.16. The Hall–Kier alpha value is -1.03. The third-order valence-corrected chi connectivity index (χ3v) is 1.70. The molecule has 0 atom stereocenters. The summed E-state index contributed by atoms with van der Waals surface area (Å²) in [4.78, 5) is 0. The van der Waals surface area contributed by atoms with Crippen LogP contribution < -0.4 is 5.73 Å². The van der Waals surface area contributed by atoms with Gasteiger partial charge in [-0.15, -0.1) is 0 Å². The van der Waals surface area contributed by atoms with E-state index in [1.807, 2.05) is 0 Å². The van der Waals surface area contributed by atoms with Crippen LogP contribution in [0, 0.1) is 17.5 Å². The summed E-state index contributed by atoms with van der Waals surface area (Å²) in [6, 6.07) is 1.93. The van der Waals surface area contributed by atoms with Crippen molar-refractivity contribution in [2.45, 2.75) is 25.8 Å². The van der Waals surface area contributed by atoms with Crippen molar-refractivity contribution in [3.63, 3.8) is 0 Å². The Kier molecular flexibility index (Phi) is 2.85. The Bertz CT molecular complexity index is 319. The molecule has 1 aromatic rings. The van der Waals surface area contributed by atoms with E-state index in [-0.39, 0.29) is 0 Å². The quantitative estimate of drug-likeness (QED) is 0.734. The van der Waals surface area contributed by atoms with Gasteiger partial charge in [-0.2, -0.15) is 0 Å². The fourth-order valence-electron chi connectivity index (χ4n) is 1.24. The van der Waals surface area contributed by atoms with Gasteiger partial charge in [0.1, 0.15) is 0 Å². The molecule has 1 nitrogen and oxygen atoms in total. The molecular weight excluding hydrogens is 191 g/mol. The van der Waals surface area contributed by atoms with Crippen molar-refractivity contribution < 1.29 is 13.2 Å². The van der Waals surface area contributed by atoms with E-state index >= 15 is 0 Å². The minimum absolute atomic E-state index is 0.293. The molecule has 0 radical (unpaired) electrons. The highest BCUT2D eigenvalue weighted by Crippen LogP contribution is 2.16. The fraction of sp³-hybridized carbons (Fsp3) is 0.400. The maximum Gasteiger partial charge on any atom is 0.194 e. The van der Waals surface area contributed by atoms with Crippen molar-refractivity contribution in [3.8, 4) is 0 Å². The Morgan fingerprint density at radius 2 is 1.57 bits per heavy atom. The van der Waals surface area contributed by atoms with Crippen LogP contribution >= 0.6 is 0 Å². The van der Waals surface area contributed by atoms with Gasteiger partial charge in [0.15, 0.2) is 17.5 Å². The Labute approximate surface area is 80.7 Å². The molecule has 0 aliphatic rings. The van der Waals surface area contributed by atoms with Crippen molar-refractivity contribution >= 4 is 0 Å². The smallest absolute Gasteiger partial charge is 0.194 e. The topological polar surface area (TPSA) is 26.0 Å². The second kappa shape index (κ2) is 3.61. The minimum Gasteiger partial charge on any atom is -0.325 e. The van der Waals surface area contributed by atoms with Crippen LogP contribution in [-0.2, 0) is 6.42 Å². The zero-order valence-electron chi connectivity index (χ0n) is 8.07. The number of rotatable bonds is 2. The number of hydrogen-bond acceptors (Lipinski definition) is 1. The van der Waals surface area contributed by atoms with E-state index in [1.54, 1.807) is 13.8 Å². The van der Waals surface area contributed by atoms with Crippen LogP contribution in [0.3, 0.4) is 0 Å². The molecule has 0 aliphatic carbocycles. The molecule has 1 rings (SSSR count). The lowest BCUT2D eigenvalue weighted by atomic mass is 9.96. The van der Waals surface area contributed by atoms with E-state index in [9.17, 15) is 13.2 Å². The van der Waals surface area contributed by atoms with Gasteiger partial charge >= 0.3 is 0 Å². The molecule has 0 fully saturated rings. The first-order valence-corrected chi connectivity index (χ1v) is 4.22. The van der Waals surface area contributed by atoms with E-state index in [1.165, 1.54) is 0 Å². The van der Waals surface area contributed by atoms with Crippen LogP contribution in [0.1, 0.15) is 19.4 Å². The van der Waals surface area contributed by atoms with Gasteiger partial charge in [0.25, 0.3) is 0 Å². The van der Waals surface area contributed by atoms with Crippen molar-refractivity contribution in [3.05, 3.63) is 35.1 Å². The molecule has 0 spiro atoms. The zero-order valence-corrected chi connectivity index (χ0v) is 8.07. The molecule has 0 bridgehead atoms. The van der Waals surface area contributed by atoms with Crippen molar-refractivity contribution in [2.75, 3.05) is 0 Å². The number of hydrogen-bond donors (Lipinski definition) is 1. The second-order valence-electron chi connectivity index (χ2n) is 4.04. The average molecular weight is 203 g/mol. The third kappa shape index (κ3) is 2.73. The van der Waals surface area contributed by atoms with E-state index in [0.717, 1.165) is 12.1 Å². The first-order valence-electron chi connectivity index (χ1n) is 4.22. The maximum atomic E-state index is 12.8. The predicted octanol–water partition coefficient (Wildman–Crippen LogP) is 2.38. The van der Waals surface area contributed by atoms with E-state index < -0.39 is 23.0 Å². The predicted molar refractivity (Wildman–Crippen MR) is 48.3 cm³/mol. The monoisotopic (exact) mass is 203 g/mol. The summed E-state index contributed by atoms with van der Waals surface area (Å²) < 4.78 is 38.1. The van der Waals surface area contributed by atoms with Crippen molar-refractivity contribution in [1.82, 2.24) is 0 Å². The average Bonchev–Trinajstić information content (AvgIpc) is 1.96. The molecule has 0 saturated heterocycles. The SMILES string of the molecule is CC(C)(N)Cc1cc(F)c(F)c(F)c1. The molecule has 0 saturated carbocycles. The molecule has 14 heavy (non-hydrogen) atoms. The maximum absolute atomic E-state index is 12.8. The molecular formula is C10H12F3N. The van der Waals surface area contributed by atoms with Gasteiger partial charge < -0.3 is 5.73 Å². The van der Waals surface area contributed by atoms with Gasteiger partial charge in [-0.05, 0) is 38.0 Å². The Morgan fingerprint density at radius 3 is 1.93 bits per heavy atom.